The Labute approximate surface area is 174 Å². The number of sulfone groups is 1. The first-order valence-electron chi connectivity index (χ1n) is 9.71. The lowest BCUT2D eigenvalue weighted by Gasteiger charge is -2.07. The van der Waals surface area contributed by atoms with Crippen LogP contribution < -0.4 is 0 Å². The van der Waals surface area contributed by atoms with E-state index in [9.17, 15) is 13.2 Å². The highest BCUT2D eigenvalue weighted by Crippen LogP contribution is 2.26. The average Bonchev–Trinajstić information content (AvgIpc) is 3.38. The van der Waals surface area contributed by atoms with Crippen molar-refractivity contribution in [3.8, 4) is 0 Å². The molecular formula is C20H24N4O3S2. The molecule has 1 aromatic carbocycles. The predicted octanol–water partition coefficient (Wildman–Crippen LogP) is 2.81. The summed E-state index contributed by atoms with van der Waals surface area (Å²) in [5, 5.41) is 10.0. The number of fused-ring (bicyclic) bond motifs is 1. The van der Waals surface area contributed by atoms with Crippen molar-refractivity contribution in [3.63, 3.8) is 0 Å². The number of carbonyl (C=O) groups excluding carboxylic acids is 1. The summed E-state index contributed by atoms with van der Waals surface area (Å²) >= 11 is 1.36. The summed E-state index contributed by atoms with van der Waals surface area (Å²) in [6.45, 7) is 2.10. The molecule has 9 heteroatoms. The number of Topliss-reactive ketones (excluding diaryl/α,β-unsaturated/α-hetero) is 1. The number of hydrogen-bond donors (Lipinski definition) is 1. The molecule has 1 unspecified atom stereocenters. The van der Waals surface area contributed by atoms with Crippen molar-refractivity contribution < 1.29 is 13.2 Å². The number of hydrogen-bond acceptors (Lipinski definition) is 6. The van der Waals surface area contributed by atoms with Gasteiger partial charge in [0, 0.05) is 36.1 Å². The van der Waals surface area contributed by atoms with E-state index in [4.69, 9.17) is 0 Å². The van der Waals surface area contributed by atoms with Crippen LogP contribution in [-0.2, 0) is 29.7 Å². The number of aromatic amines is 1. The molecule has 0 aliphatic carbocycles. The summed E-state index contributed by atoms with van der Waals surface area (Å²) < 4.78 is 25.2. The number of nitrogens with zero attached hydrogens (tertiary/aromatic N) is 3. The van der Waals surface area contributed by atoms with Crippen molar-refractivity contribution in [1.82, 2.24) is 19.7 Å². The van der Waals surface area contributed by atoms with Crippen LogP contribution in [0.4, 0.5) is 0 Å². The quantitative estimate of drug-likeness (QED) is 0.455. The summed E-state index contributed by atoms with van der Waals surface area (Å²) in [7, 11) is -1.04. The van der Waals surface area contributed by atoms with Gasteiger partial charge in [-0.2, -0.15) is 0 Å². The van der Waals surface area contributed by atoms with Crippen LogP contribution >= 0.6 is 11.8 Å². The molecule has 1 fully saturated rings. The fourth-order valence-corrected chi connectivity index (χ4v) is 6.57. The minimum Gasteiger partial charge on any atom is -0.360 e. The molecular weight excluding hydrogens is 408 g/mol. The van der Waals surface area contributed by atoms with Crippen LogP contribution in [-0.4, -0.2) is 51.2 Å². The van der Waals surface area contributed by atoms with E-state index in [0.717, 1.165) is 23.1 Å². The van der Waals surface area contributed by atoms with Gasteiger partial charge in [0.2, 0.25) is 0 Å². The van der Waals surface area contributed by atoms with Gasteiger partial charge in [0.15, 0.2) is 20.8 Å². The van der Waals surface area contributed by atoms with Gasteiger partial charge in [-0.15, -0.1) is 10.2 Å². The Balaban J connectivity index is 1.43. The Hall–Kier alpha value is -2.13. The van der Waals surface area contributed by atoms with Gasteiger partial charge in [-0.05, 0) is 24.3 Å². The lowest BCUT2D eigenvalue weighted by atomic mass is 10.1. The number of para-hydroxylation sites is 1. The molecule has 0 amide bonds. The van der Waals surface area contributed by atoms with Crippen LogP contribution in [0, 0.1) is 5.92 Å². The van der Waals surface area contributed by atoms with Gasteiger partial charge in [0.1, 0.15) is 5.82 Å². The Morgan fingerprint density at radius 2 is 2.17 bits per heavy atom. The zero-order valence-corrected chi connectivity index (χ0v) is 18.1. The number of H-pyrrole nitrogens is 1. The molecule has 29 heavy (non-hydrogen) atoms. The normalized spacial score (nSPS) is 18.5. The van der Waals surface area contributed by atoms with Crippen LogP contribution in [0.1, 0.15) is 35.1 Å². The number of thioether (sulfide) groups is 1. The maximum absolute atomic E-state index is 12.8. The van der Waals surface area contributed by atoms with Crippen molar-refractivity contribution in [3.05, 3.63) is 41.3 Å². The molecule has 1 atom stereocenters. The van der Waals surface area contributed by atoms with Crippen LogP contribution in [0.25, 0.3) is 10.9 Å². The largest absolute Gasteiger partial charge is 0.360 e. The number of benzene rings is 1. The highest BCUT2D eigenvalue weighted by atomic mass is 32.2. The summed E-state index contributed by atoms with van der Waals surface area (Å²) in [6, 6.07) is 6.02. The minimum atomic E-state index is -2.90. The van der Waals surface area contributed by atoms with Crippen molar-refractivity contribution in [1.29, 1.82) is 0 Å². The molecule has 1 N–H and O–H groups in total. The zero-order valence-electron chi connectivity index (χ0n) is 16.5. The van der Waals surface area contributed by atoms with Crippen LogP contribution in [0.2, 0.25) is 0 Å². The zero-order chi connectivity index (χ0) is 20.6. The Morgan fingerprint density at radius 3 is 2.90 bits per heavy atom. The number of nitrogens with one attached hydrogen (secondary N) is 1. The molecule has 2 aromatic heterocycles. The molecule has 3 aromatic rings. The molecule has 1 saturated heterocycles. The van der Waals surface area contributed by atoms with Gasteiger partial charge < -0.3 is 9.55 Å². The highest BCUT2D eigenvalue weighted by molar-refractivity contribution is 7.99. The predicted molar refractivity (Wildman–Crippen MR) is 114 cm³/mol. The van der Waals surface area contributed by atoms with E-state index >= 15 is 0 Å². The van der Waals surface area contributed by atoms with Gasteiger partial charge in [-0.25, -0.2) is 8.42 Å². The summed E-state index contributed by atoms with van der Waals surface area (Å²) in [6.07, 6.45) is 3.97. The molecule has 154 valence electrons. The van der Waals surface area contributed by atoms with E-state index in [2.05, 4.69) is 28.2 Å². The van der Waals surface area contributed by atoms with Crippen molar-refractivity contribution in [2.45, 2.75) is 31.3 Å². The molecule has 7 nitrogen and oxygen atoms in total. The smallest absolute Gasteiger partial charge is 0.191 e. The van der Waals surface area contributed by atoms with E-state index in [-0.39, 0.29) is 29.0 Å². The second-order valence-electron chi connectivity index (χ2n) is 7.54. The summed E-state index contributed by atoms with van der Waals surface area (Å²) in [5.74, 6) is 1.66. The minimum absolute atomic E-state index is 0.0425. The number of rotatable bonds is 7. The monoisotopic (exact) mass is 432 g/mol. The highest BCUT2D eigenvalue weighted by Gasteiger charge is 2.29. The SMILES string of the molecule is CCc1cccc2c(C(=O)CSc3nnc(CC4CCS(=O)(=O)C4)n3C)c[nH]c12. The number of ketones is 1. The molecule has 0 radical (unpaired) electrons. The van der Waals surface area contributed by atoms with E-state index in [0.29, 0.717) is 23.6 Å². The molecule has 0 bridgehead atoms. The fraction of sp³-hybridized carbons (Fsp3) is 0.450. The van der Waals surface area contributed by atoms with Crippen LogP contribution in [0.5, 0.6) is 0 Å². The Kier molecular flexibility index (Phi) is 5.52. The Bertz CT molecular complexity index is 1160. The van der Waals surface area contributed by atoms with Gasteiger partial charge in [-0.1, -0.05) is 36.9 Å². The third kappa shape index (κ3) is 4.11. The first kappa shape index (κ1) is 20.2. The summed E-state index contributed by atoms with van der Waals surface area (Å²) in [4.78, 5) is 16.0. The van der Waals surface area contributed by atoms with Gasteiger partial charge in [0.25, 0.3) is 0 Å². The lowest BCUT2D eigenvalue weighted by Crippen LogP contribution is -2.11. The van der Waals surface area contributed by atoms with Gasteiger partial charge >= 0.3 is 0 Å². The third-order valence-corrected chi connectivity index (χ3v) is 8.40. The van der Waals surface area contributed by atoms with Crippen molar-refractivity contribution >= 4 is 38.3 Å². The number of aryl methyl sites for hydroxylation is 1. The molecule has 0 saturated carbocycles. The van der Waals surface area contributed by atoms with Crippen molar-refractivity contribution in [2.24, 2.45) is 13.0 Å². The van der Waals surface area contributed by atoms with Gasteiger partial charge in [-0.3, -0.25) is 4.79 Å². The van der Waals surface area contributed by atoms with E-state index in [1.807, 2.05) is 23.7 Å². The lowest BCUT2D eigenvalue weighted by molar-refractivity contribution is 0.102. The second kappa shape index (κ2) is 7.95. The van der Waals surface area contributed by atoms with E-state index in [1.54, 1.807) is 6.20 Å². The Morgan fingerprint density at radius 1 is 1.34 bits per heavy atom. The molecule has 1 aliphatic heterocycles. The molecule has 3 heterocycles. The first-order valence-corrected chi connectivity index (χ1v) is 12.5. The second-order valence-corrected chi connectivity index (χ2v) is 10.7. The van der Waals surface area contributed by atoms with Crippen molar-refractivity contribution in [2.75, 3.05) is 17.3 Å². The third-order valence-electron chi connectivity index (χ3n) is 5.54. The average molecular weight is 433 g/mol. The summed E-state index contributed by atoms with van der Waals surface area (Å²) in [5.41, 5.74) is 2.92. The topological polar surface area (TPSA) is 97.7 Å². The fourth-order valence-electron chi connectivity index (χ4n) is 3.89. The number of aromatic nitrogens is 4. The molecule has 0 spiro atoms. The van der Waals surface area contributed by atoms with Crippen LogP contribution in [0.3, 0.4) is 0 Å². The maximum atomic E-state index is 12.8. The molecule has 1 aliphatic rings. The van der Waals surface area contributed by atoms with E-state index in [1.165, 1.54) is 17.3 Å². The number of carbonyl (C=O) groups is 1. The standard InChI is InChI=1S/C20H24N4O3S2/c1-3-14-5-4-6-15-16(10-21-19(14)15)17(25)11-28-20-23-22-18(24(20)2)9-13-7-8-29(26,27)12-13/h4-6,10,13,21H,3,7-9,11-12H2,1-2H3. The van der Waals surface area contributed by atoms with Crippen LogP contribution in [0.15, 0.2) is 29.6 Å². The maximum Gasteiger partial charge on any atom is 0.191 e. The van der Waals surface area contributed by atoms with E-state index < -0.39 is 9.84 Å². The molecule has 4 rings (SSSR count). The first-order chi connectivity index (χ1) is 13.9. The van der Waals surface area contributed by atoms with Gasteiger partial charge in [0.05, 0.1) is 17.3 Å².